The van der Waals surface area contributed by atoms with Gasteiger partial charge in [0.2, 0.25) is 0 Å². The maximum atomic E-state index is 3.82. The number of hydrogen-bond acceptors (Lipinski definition) is 3. The van der Waals surface area contributed by atoms with Crippen molar-refractivity contribution in [3.8, 4) is 0 Å². The van der Waals surface area contributed by atoms with E-state index in [1.165, 1.54) is 45.2 Å². The van der Waals surface area contributed by atoms with Crippen molar-refractivity contribution in [2.45, 2.75) is 75.7 Å². The summed E-state index contributed by atoms with van der Waals surface area (Å²) < 4.78 is 0. The van der Waals surface area contributed by atoms with E-state index in [1.807, 2.05) is 0 Å². The first-order valence-electron chi connectivity index (χ1n) is 7.69. The first-order valence-corrected chi connectivity index (χ1v) is 8.98. The minimum absolute atomic E-state index is 0.373. The molecule has 2 fully saturated rings. The lowest BCUT2D eigenvalue weighted by molar-refractivity contribution is 0.0479. The third-order valence-electron chi connectivity index (χ3n) is 5.32. The summed E-state index contributed by atoms with van der Waals surface area (Å²) in [7, 11) is 0. The van der Waals surface area contributed by atoms with Gasteiger partial charge in [-0.15, -0.1) is 0 Å². The number of nitrogens with zero attached hydrogens (tertiary/aromatic N) is 1. The van der Waals surface area contributed by atoms with Gasteiger partial charge < -0.3 is 5.32 Å². The van der Waals surface area contributed by atoms with Crippen molar-refractivity contribution in [2.24, 2.45) is 0 Å². The molecule has 0 spiro atoms. The third kappa shape index (κ3) is 2.73. The molecule has 0 radical (unpaired) electrons. The Morgan fingerprint density at radius 3 is 2.61 bits per heavy atom. The van der Waals surface area contributed by atoms with Gasteiger partial charge in [-0.1, -0.05) is 20.3 Å². The zero-order valence-electron chi connectivity index (χ0n) is 12.5. The molecule has 3 atom stereocenters. The molecule has 106 valence electrons. The van der Waals surface area contributed by atoms with Crippen LogP contribution in [0, 0.1) is 0 Å². The molecule has 0 aromatic heterocycles. The van der Waals surface area contributed by atoms with Crippen molar-refractivity contribution < 1.29 is 0 Å². The molecule has 1 aliphatic carbocycles. The van der Waals surface area contributed by atoms with Gasteiger partial charge in [0.25, 0.3) is 0 Å². The van der Waals surface area contributed by atoms with Crippen LogP contribution in [0.2, 0.25) is 0 Å². The van der Waals surface area contributed by atoms with Crippen molar-refractivity contribution >= 4 is 11.8 Å². The van der Waals surface area contributed by atoms with Gasteiger partial charge in [-0.3, -0.25) is 4.90 Å². The lowest BCUT2D eigenvalue weighted by Gasteiger charge is -2.50. The molecule has 1 aliphatic heterocycles. The third-order valence-corrected chi connectivity index (χ3v) is 6.48. The molecule has 0 aromatic rings. The molecule has 1 saturated carbocycles. The Morgan fingerprint density at radius 2 is 2.00 bits per heavy atom. The second-order valence-electron chi connectivity index (χ2n) is 6.16. The van der Waals surface area contributed by atoms with Gasteiger partial charge in [0.05, 0.1) is 0 Å². The number of rotatable bonds is 4. The van der Waals surface area contributed by atoms with Crippen LogP contribution in [-0.2, 0) is 0 Å². The summed E-state index contributed by atoms with van der Waals surface area (Å²) in [5.41, 5.74) is 0.373. The monoisotopic (exact) mass is 270 g/mol. The Bertz CT molecular complexity index is 265. The maximum absolute atomic E-state index is 3.82. The van der Waals surface area contributed by atoms with Crippen molar-refractivity contribution in [2.75, 3.05) is 19.3 Å². The molecular weight excluding hydrogens is 240 g/mol. The SMILES string of the molecule is CCC1(CC)CN(C2CCCC2SC)C(C)CN1. The second-order valence-corrected chi connectivity index (χ2v) is 7.24. The Hall–Kier alpha value is 0.270. The maximum Gasteiger partial charge on any atom is 0.0304 e. The number of piperazine rings is 1. The molecule has 2 nitrogen and oxygen atoms in total. The van der Waals surface area contributed by atoms with E-state index in [0.29, 0.717) is 11.6 Å². The summed E-state index contributed by atoms with van der Waals surface area (Å²) in [6.07, 6.45) is 9.07. The quantitative estimate of drug-likeness (QED) is 0.845. The van der Waals surface area contributed by atoms with Crippen LogP contribution in [0.3, 0.4) is 0 Å². The first kappa shape index (κ1) is 14.7. The molecule has 18 heavy (non-hydrogen) atoms. The minimum atomic E-state index is 0.373. The summed E-state index contributed by atoms with van der Waals surface area (Å²) in [5, 5.41) is 4.69. The van der Waals surface area contributed by atoms with Crippen LogP contribution in [0.4, 0.5) is 0 Å². The lowest BCUT2D eigenvalue weighted by atomic mass is 9.87. The summed E-state index contributed by atoms with van der Waals surface area (Å²) in [4.78, 5) is 2.83. The zero-order valence-corrected chi connectivity index (χ0v) is 13.4. The highest BCUT2D eigenvalue weighted by Crippen LogP contribution is 2.35. The van der Waals surface area contributed by atoms with Gasteiger partial charge in [0.15, 0.2) is 0 Å². The zero-order chi connectivity index (χ0) is 13.2. The molecule has 2 rings (SSSR count). The standard InChI is InChI=1S/C15H30N2S/c1-5-15(6-2)11-17(12(3)10-16-15)13-8-7-9-14(13)18-4/h12-14,16H,5-11H2,1-4H3. The number of nitrogens with one attached hydrogen (secondary N) is 1. The minimum Gasteiger partial charge on any atom is -0.308 e. The topological polar surface area (TPSA) is 15.3 Å². The fourth-order valence-corrected chi connectivity index (χ4v) is 4.78. The fraction of sp³-hybridized carbons (Fsp3) is 1.00. The Labute approximate surface area is 117 Å². The van der Waals surface area contributed by atoms with E-state index in [-0.39, 0.29) is 0 Å². The molecule has 0 aromatic carbocycles. The first-order chi connectivity index (χ1) is 8.65. The molecule has 1 N–H and O–H groups in total. The molecule has 0 bridgehead atoms. The summed E-state index contributed by atoms with van der Waals surface area (Å²) >= 11 is 2.09. The Balaban J connectivity index is 2.09. The highest BCUT2D eigenvalue weighted by molar-refractivity contribution is 7.99. The van der Waals surface area contributed by atoms with Gasteiger partial charge in [0.1, 0.15) is 0 Å². The highest BCUT2D eigenvalue weighted by atomic mass is 32.2. The predicted molar refractivity (Wildman–Crippen MR) is 82.4 cm³/mol. The van der Waals surface area contributed by atoms with Crippen LogP contribution in [0.15, 0.2) is 0 Å². The Kier molecular flexibility index (Phi) is 5.01. The summed E-state index contributed by atoms with van der Waals surface area (Å²) in [6, 6.07) is 1.53. The van der Waals surface area contributed by atoms with Crippen LogP contribution < -0.4 is 5.32 Å². The van der Waals surface area contributed by atoms with Gasteiger partial charge in [0, 0.05) is 36.0 Å². The average Bonchev–Trinajstić information content (AvgIpc) is 2.88. The van der Waals surface area contributed by atoms with E-state index in [2.05, 4.69) is 49.0 Å². The molecule has 1 saturated heterocycles. The van der Waals surface area contributed by atoms with Crippen molar-refractivity contribution in [3.63, 3.8) is 0 Å². The molecule has 3 heteroatoms. The van der Waals surface area contributed by atoms with E-state index in [0.717, 1.165) is 11.3 Å². The summed E-state index contributed by atoms with van der Waals surface area (Å²) in [6.45, 7) is 9.50. The number of thioether (sulfide) groups is 1. The average molecular weight is 270 g/mol. The second kappa shape index (κ2) is 6.15. The lowest BCUT2D eigenvalue weighted by Crippen LogP contribution is -2.65. The van der Waals surface area contributed by atoms with E-state index in [4.69, 9.17) is 0 Å². The highest BCUT2D eigenvalue weighted by Gasteiger charge is 2.41. The predicted octanol–water partition coefficient (Wildman–Crippen LogP) is 3.12. The largest absolute Gasteiger partial charge is 0.308 e. The van der Waals surface area contributed by atoms with Crippen LogP contribution in [0.1, 0.15) is 52.9 Å². The van der Waals surface area contributed by atoms with Crippen molar-refractivity contribution in [1.29, 1.82) is 0 Å². The van der Waals surface area contributed by atoms with E-state index >= 15 is 0 Å². The van der Waals surface area contributed by atoms with Crippen LogP contribution in [0.25, 0.3) is 0 Å². The normalized spacial score (nSPS) is 37.0. The van der Waals surface area contributed by atoms with Crippen LogP contribution in [-0.4, -0.2) is 47.1 Å². The molecule has 0 amide bonds. The molecular formula is C15H30N2S. The van der Waals surface area contributed by atoms with Gasteiger partial charge in [-0.05, 0) is 38.9 Å². The smallest absolute Gasteiger partial charge is 0.0304 e. The van der Waals surface area contributed by atoms with Gasteiger partial charge in [-0.2, -0.15) is 11.8 Å². The molecule has 3 unspecified atom stereocenters. The van der Waals surface area contributed by atoms with Crippen molar-refractivity contribution in [3.05, 3.63) is 0 Å². The van der Waals surface area contributed by atoms with Crippen molar-refractivity contribution in [1.82, 2.24) is 10.2 Å². The van der Waals surface area contributed by atoms with E-state index in [9.17, 15) is 0 Å². The van der Waals surface area contributed by atoms with Crippen LogP contribution >= 0.6 is 11.8 Å². The van der Waals surface area contributed by atoms with Gasteiger partial charge >= 0.3 is 0 Å². The van der Waals surface area contributed by atoms with Gasteiger partial charge in [-0.25, -0.2) is 0 Å². The fourth-order valence-electron chi connectivity index (χ4n) is 3.77. The van der Waals surface area contributed by atoms with Crippen LogP contribution in [0.5, 0.6) is 0 Å². The van der Waals surface area contributed by atoms with E-state index in [1.54, 1.807) is 0 Å². The molecule has 1 heterocycles. The summed E-state index contributed by atoms with van der Waals surface area (Å²) in [5.74, 6) is 0. The Morgan fingerprint density at radius 1 is 1.28 bits per heavy atom. The van der Waals surface area contributed by atoms with E-state index < -0.39 is 0 Å². The number of hydrogen-bond donors (Lipinski definition) is 1. The molecule has 2 aliphatic rings.